The first-order chi connectivity index (χ1) is 14.1. The highest BCUT2D eigenvalue weighted by Gasteiger charge is 2.39. The van der Waals surface area contributed by atoms with Gasteiger partial charge in [0.25, 0.3) is 0 Å². The number of nitrogens with zero attached hydrogens (tertiary/aromatic N) is 1. The predicted molar refractivity (Wildman–Crippen MR) is 114 cm³/mol. The van der Waals surface area contributed by atoms with E-state index in [1.807, 2.05) is 12.1 Å². The minimum absolute atomic E-state index is 0.288. The van der Waals surface area contributed by atoms with E-state index in [1.54, 1.807) is 10.4 Å². The monoisotopic (exact) mass is 412 g/mol. The molecule has 0 aromatic heterocycles. The van der Waals surface area contributed by atoms with E-state index in [4.69, 9.17) is 4.74 Å². The van der Waals surface area contributed by atoms with Crippen LogP contribution in [0.3, 0.4) is 0 Å². The van der Waals surface area contributed by atoms with Crippen LogP contribution in [0.4, 0.5) is 5.69 Å². The second-order valence-electron chi connectivity index (χ2n) is 8.35. The average Bonchev–Trinajstić information content (AvgIpc) is 2.79. The Kier molecular flexibility index (Phi) is 5.10. The Hall–Kier alpha value is -1.89. The summed E-state index contributed by atoms with van der Waals surface area (Å²) in [5, 5.41) is 3.74. The Labute approximate surface area is 173 Å². The Bertz CT molecular complexity index is 971. The van der Waals surface area contributed by atoms with Crippen LogP contribution in [-0.2, 0) is 14.8 Å². The Balaban J connectivity index is 1.52. The highest BCUT2D eigenvalue weighted by atomic mass is 32.2. The summed E-state index contributed by atoms with van der Waals surface area (Å²) >= 11 is 0. The second kappa shape index (κ2) is 7.74. The van der Waals surface area contributed by atoms with E-state index in [0.717, 1.165) is 12.1 Å². The molecule has 0 radical (unpaired) electrons. The molecule has 1 saturated heterocycles. The van der Waals surface area contributed by atoms with Crippen molar-refractivity contribution in [3.8, 4) is 0 Å². The van der Waals surface area contributed by atoms with E-state index in [0.29, 0.717) is 43.0 Å². The van der Waals surface area contributed by atoms with Crippen LogP contribution in [0, 0.1) is 5.92 Å². The first kappa shape index (κ1) is 19.1. The largest absolute Gasteiger partial charge is 0.379 e. The van der Waals surface area contributed by atoms with E-state index in [9.17, 15) is 8.42 Å². The molecule has 0 spiro atoms. The Morgan fingerprint density at radius 2 is 1.72 bits per heavy atom. The molecule has 154 valence electrons. The summed E-state index contributed by atoms with van der Waals surface area (Å²) < 4.78 is 33.2. The minimum Gasteiger partial charge on any atom is -0.379 e. The fourth-order valence-electron chi connectivity index (χ4n) is 5.29. The number of ether oxygens (including phenoxy) is 1. The molecular formula is C23H28N2O3S. The van der Waals surface area contributed by atoms with Gasteiger partial charge in [0.15, 0.2) is 0 Å². The van der Waals surface area contributed by atoms with Gasteiger partial charge in [-0.05, 0) is 54.0 Å². The molecule has 1 saturated carbocycles. The van der Waals surface area contributed by atoms with Crippen molar-refractivity contribution in [1.82, 2.24) is 4.31 Å². The van der Waals surface area contributed by atoms with Gasteiger partial charge >= 0.3 is 0 Å². The number of morpholine rings is 1. The van der Waals surface area contributed by atoms with Crippen LogP contribution in [0.5, 0.6) is 0 Å². The number of hydrogen-bond acceptors (Lipinski definition) is 4. The van der Waals surface area contributed by atoms with Gasteiger partial charge in [0, 0.05) is 18.8 Å². The molecule has 1 N–H and O–H groups in total. The van der Waals surface area contributed by atoms with E-state index >= 15 is 0 Å². The molecule has 5 rings (SSSR count). The van der Waals surface area contributed by atoms with Gasteiger partial charge in [0.1, 0.15) is 0 Å². The number of sulfonamides is 1. The van der Waals surface area contributed by atoms with E-state index in [-0.39, 0.29) is 6.04 Å². The fourth-order valence-corrected chi connectivity index (χ4v) is 6.73. The lowest BCUT2D eigenvalue weighted by Gasteiger charge is -2.44. The molecule has 0 bridgehead atoms. The van der Waals surface area contributed by atoms with Crippen molar-refractivity contribution in [2.75, 3.05) is 31.6 Å². The van der Waals surface area contributed by atoms with Crippen molar-refractivity contribution in [1.29, 1.82) is 0 Å². The summed E-state index contributed by atoms with van der Waals surface area (Å²) in [6.45, 7) is 1.80. The van der Waals surface area contributed by atoms with Gasteiger partial charge in [0.05, 0.1) is 24.2 Å². The number of fused-ring (bicyclic) bond motifs is 3. The van der Waals surface area contributed by atoms with Crippen LogP contribution in [0.15, 0.2) is 53.4 Å². The lowest BCUT2D eigenvalue weighted by molar-refractivity contribution is 0.0730. The van der Waals surface area contributed by atoms with E-state index in [2.05, 4.69) is 35.6 Å². The highest BCUT2D eigenvalue weighted by Crippen LogP contribution is 2.51. The summed E-state index contributed by atoms with van der Waals surface area (Å²) in [6, 6.07) is 16.6. The maximum atomic E-state index is 13.2. The molecule has 2 aromatic rings. The third-order valence-electron chi connectivity index (χ3n) is 6.75. The summed E-state index contributed by atoms with van der Waals surface area (Å²) in [5.41, 5.74) is 3.58. The van der Waals surface area contributed by atoms with Crippen LogP contribution in [0.1, 0.15) is 48.8 Å². The molecule has 3 aliphatic rings. The minimum atomic E-state index is -3.47. The molecule has 6 heteroatoms. The number of anilines is 1. The van der Waals surface area contributed by atoms with Crippen molar-refractivity contribution >= 4 is 15.7 Å². The van der Waals surface area contributed by atoms with Crippen LogP contribution in [-0.4, -0.2) is 39.0 Å². The van der Waals surface area contributed by atoms with Crippen LogP contribution < -0.4 is 5.32 Å². The molecular weight excluding hydrogens is 384 g/mol. The van der Waals surface area contributed by atoms with Gasteiger partial charge in [-0.3, -0.25) is 0 Å². The molecule has 2 fully saturated rings. The van der Waals surface area contributed by atoms with E-state index in [1.165, 1.54) is 30.4 Å². The predicted octanol–water partition coefficient (Wildman–Crippen LogP) is 4.15. The number of rotatable bonds is 3. The third-order valence-corrected chi connectivity index (χ3v) is 8.64. The van der Waals surface area contributed by atoms with Gasteiger partial charge < -0.3 is 10.1 Å². The van der Waals surface area contributed by atoms with Crippen LogP contribution in [0.2, 0.25) is 0 Å². The number of hydrogen-bond donors (Lipinski definition) is 1. The van der Waals surface area contributed by atoms with Gasteiger partial charge in [-0.2, -0.15) is 4.31 Å². The topological polar surface area (TPSA) is 58.6 Å². The van der Waals surface area contributed by atoms with Gasteiger partial charge in [-0.25, -0.2) is 8.42 Å². The summed E-state index contributed by atoms with van der Waals surface area (Å²) in [5.74, 6) is 0.907. The first-order valence-electron chi connectivity index (χ1n) is 10.7. The maximum Gasteiger partial charge on any atom is 0.243 e. The molecule has 29 heavy (non-hydrogen) atoms. The molecule has 1 aliphatic carbocycles. The molecule has 2 aliphatic heterocycles. The van der Waals surface area contributed by atoms with Crippen molar-refractivity contribution in [3.63, 3.8) is 0 Å². The standard InChI is InChI=1S/C23H28N2O3S/c26-29(27,25-12-14-28-15-13-25)18-10-11-22-21(16-18)19-8-4-5-9-20(19)23(24-22)17-6-2-1-3-7-17/h1-3,6-7,10-11,16,19-20,23-24H,4-5,8-9,12-15H2. The maximum absolute atomic E-state index is 13.2. The highest BCUT2D eigenvalue weighted by molar-refractivity contribution is 7.89. The zero-order chi connectivity index (χ0) is 19.8. The first-order valence-corrected chi connectivity index (χ1v) is 12.1. The van der Waals surface area contributed by atoms with Crippen molar-refractivity contribution in [3.05, 3.63) is 59.7 Å². The van der Waals surface area contributed by atoms with Crippen LogP contribution >= 0.6 is 0 Å². The third kappa shape index (κ3) is 3.47. The van der Waals surface area contributed by atoms with E-state index < -0.39 is 10.0 Å². The zero-order valence-corrected chi connectivity index (χ0v) is 17.4. The van der Waals surface area contributed by atoms with Crippen molar-refractivity contribution < 1.29 is 13.2 Å². The average molecular weight is 413 g/mol. The fraction of sp³-hybridized carbons (Fsp3) is 0.478. The molecule has 2 aromatic carbocycles. The Morgan fingerprint density at radius 3 is 2.52 bits per heavy atom. The summed E-state index contributed by atoms with van der Waals surface area (Å²) in [4.78, 5) is 0.419. The SMILES string of the molecule is O=S(=O)(c1ccc2c(c1)C1CCCCC1C(c1ccccc1)N2)N1CCOCC1. The van der Waals surface area contributed by atoms with Gasteiger partial charge in [-0.1, -0.05) is 43.2 Å². The molecule has 5 nitrogen and oxygen atoms in total. The van der Waals surface area contributed by atoms with Crippen LogP contribution in [0.25, 0.3) is 0 Å². The lowest BCUT2D eigenvalue weighted by Crippen LogP contribution is -2.40. The normalized spacial score (nSPS) is 27.5. The Morgan fingerprint density at radius 1 is 0.966 bits per heavy atom. The lowest BCUT2D eigenvalue weighted by atomic mass is 9.68. The molecule has 3 atom stereocenters. The molecule has 0 amide bonds. The summed E-state index contributed by atoms with van der Waals surface area (Å²) in [7, 11) is -3.47. The number of nitrogens with one attached hydrogen (secondary N) is 1. The van der Waals surface area contributed by atoms with Gasteiger partial charge in [0.2, 0.25) is 10.0 Å². The van der Waals surface area contributed by atoms with Gasteiger partial charge in [-0.15, -0.1) is 0 Å². The number of benzene rings is 2. The summed E-state index contributed by atoms with van der Waals surface area (Å²) in [6.07, 6.45) is 4.76. The molecule has 2 heterocycles. The zero-order valence-electron chi connectivity index (χ0n) is 16.6. The smallest absolute Gasteiger partial charge is 0.243 e. The quantitative estimate of drug-likeness (QED) is 0.823. The van der Waals surface area contributed by atoms with Crippen molar-refractivity contribution in [2.24, 2.45) is 5.92 Å². The second-order valence-corrected chi connectivity index (χ2v) is 10.3. The van der Waals surface area contributed by atoms with Crippen molar-refractivity contribution in [2.45, 2.75) is 42.5 Å². The molecule has 3 unspecified atom stereocenters.